The number of ether oxygens (including phenoxy) is 1. The number of anilines is 1. The van der Waals surface area contributed by atoms with Crippen molar-refractivity contribution in [1.29, 1.82) is 0 Å². The third-order valence-electron chi connectivity index (χ3n) is 4.33. The Kier molecular flexibility index (Phi) is 11.7. The van der Waals surface area contributed by atoms with Crippen molar-refractivity contribution in [3.05, 3.63) is 23.8 Å². The molecule has 162 valence electrons. The van der Waals surface area contributed by atoms with Crippen molar-refractivity contribution >= 4 is 34.8 Å². The summed E-state index contributed by atoms with van der Waals surface area (Å²) < 4.78 is 5.29. The minimum absolute atomic E-state index is 0.0779. The van der Waals surface area contributed by atoms with E-state index in [2.05, 4.69) is 40.2 Å². The molecular formula is C20H33N5O3S. The first-order valence-corrected chi connectivity index (χ1v) is 10.4. The zero-order chi connectivity index (χ0) is 21.6. The molecule has 0 fully saturated rings. The van der Waals surface area contributed by atoms with E-state index in [9.17, 15) is 9.59 Å². The summed E-state index contributed by atoms with van der Waals surface area (Å²) in [7, 11) is 1.47. The first-order valence-electron chi connectivity index (χ1n) is 9.99. The molecule has 0 aliphatic rings. The highest BCUT2D eigenvalue weighted by Crippen LogP contribution is 2.23. The number of hydrogen-bond donors (Lipinski definition) is 4. The maximum Gasteiger partial charge on any atom is 0.273 e. The lowest BCUT2D eigenvalue weighted by Gasteiger charge is -2.18. The van der Waals surface area contributed by atoms with Crippen molar-refractivity contribution in [2.75, 3.05) is 38.6 Å². The molecule has 0 atom stereocenters. The van der Waals surface area contributed by atoms with E-state index in [0.29, 0.717) is 35.1 Å². The van der Waals surface area contributed by atoms with Crippen molar-refractivity contribution in [2.24, 2.45) is 0 Å². The van der Waals surface area contributed by atoms with Gasteiger partial charge in [-0.3, -0.25) is 20.4 Å². The highest BCUT2D eigenvalue weighted by Gasteiger charge is 2.14. The van der Waals surface area contributed by atoms with E-state index in [-0.39, 0.29) is 11.8 Å². The molecule has 0 radical (unpaired) electrons. The van der Waals surface area contributed by atoms with Gasteiger partial charge in [0.1, 0.15) is 5.75 Å². The average Bonchev–Trinajstić information content (AvgIpc) is 2.72. The van der Waals surface area contributed by atoms with Gasteiger partial charge in [0.05, 0.1) is 12.7 Å². The molecule has 0 heterocycles. The van der Waals surface area contributed by atoms with Gasteiger partial charge >= 0.3 is 0 Å². The molecule has 0 bridgehead atoms. The van der Waals surface area contributed by atoms with Gasteiger partial charge in [0, 0.05) is 24.7 Å². The number of amides is 2. The summed E-state index contributed by atoms with van der Waals surface area (Å²) in [5, 5.41) is 6.19. The fourth-order valence-corrected chi connectivity index (χ4v) is 2.83. The molecule has 0 aliphatic carbocycles. The summed E-state index contributed by atoms with van der Waals surface area (Å²) in [6, 6.07) is 4.87. The van der Waals surface area contributed by atoms with Crippen LogP contribution in [-0.4, -0.2) is 55.1 Å². The van der Waals surface area contributed by atoms with Crippen LogP contribution in [-0.2, 0) is 4.79 Å². The second kappa shape index (κ2) is 13.7. The lowest BCUT2D eigenvalue weighted by Crippen LogP contribution is -2.47. The number of hydrogen-bond acceptors (Lipinski definition) is 5. The molecule has 0 spiro atoms. The van der Waals surface area contributed by atoms with Gasteiger partial charge in [-0.15, -0.1) is 0 Å². The van der Waals surface area contributed by atoms with Crippen molar-refractivity contribution in [1.82, 2.24) is 21.1 Å². The van der Waals surface area contributed by atoms with Crippen LogP contribution in [0.5, 0.6) is 5.75 Å². The molecule has 4 N–H and O–H groups in total. The van der Waals surface area contributed by atoms with Crippen LogP contribution in [0, 0.1) is 0 Å². The molecule has 1 aromatic carbocycles. The van der Waals surface area contributed by atoms with E-state index in [1.165, 1.54) is 7.11 Å². The molecule has 29 heavy (non-hydrogen) atoms. The van der Waals surface area contributed by atoms with E-state index in [0.717, 1.165) is 32.5 Å². The summed E-state index contributed by atoms with van der Waals surface area (Å²) in [5.41, 5.74) is 6.16. The first-order chi connectivity index (χ1) is 13.9. The summed E-state index contributed by atoms with van der Waals surface area (Å²) in [6.07, 6.45) is 2.16. The lowest BCUT2D eigenvalue weighted by molar-refractivity contribution is -0.116. The highest BCUT2D eigenvalue weighted by molar-refractivity contribution is 7.80. The maximum absolute atomic E-state index is 12.4. The molecule has 0 aliphatic heterocycles. The third kappa shape index (κ3) is 9.10. The molecule has 0 aromatic heterocycles. The lowest BCUT2D eigenvalue weighted by atomic mass is 10.1. The first kappa shape index (κ1) is 24.6. The normalized spacial score (nSPS) is 10.4. The van der Waals surface area contributed by atoms with Gasteiger partial charge < -0.3 is 20.3 Å². The molecule has 1 rings (SSSR count). The molecule has 1 aromatic rings. The van der Waals surface area contributed by atoms with Crippen LogP contribution in [0.15, 0.2) is 18.2 Å². The molecule has 0 unspecified atom stereocenters. The number of rotatable bonds is 11. The molecular weight excluding hydrogens is 390 g/mol. The van der Waals surface area contributed by atoms with Crippen LogP contribution in [0.1, 0.15) is 50.4 Å². The number of nitrogens with one attached hydrogen (secondary N) is 4. The molecule has 2 amide bonds. The van der Waals surface area contributed by atoms with Crippen molar-refractivity contribution in [2.45, 2.75) is 40.0 Å². The van der Waals surface area contributed by atoms with Gasteiger partial charge in [-0.25, -0.2) is 0 Å². The van der Waals surface area contributed by atoms with E-state index >= 15 is 0 Å². The van der Waals surface area contributed by atoms with Gasteiger partial charge in [0.25, 0.3) is 5.91 Å². The van der Waals surface area contributed by atoms with Crippen molar-refractivity contribution < 1.29 is 14.3 Å². The van der Waals surface area contributed by atoms with Crippen LogP contribution >= 0.6 is 12.2 Å². The van der Waals surface area contributed by atoms with Crippen molar-refractivity contribution in [3.8, 4) is 5.75 Å². The smallest absolute Gasteiger partial charge is 0.273 e. The standard InChI is InChI=1S/C20H33N5O3S/c1-5-9-18(26)22-15-10-11-16(17(14-15)28-4)19(27)23-24-20(29)21-12-8-13-25(6-2)7-3/h10-11,14H,5-9,12-13H2,1-4H3,(H,22,26)(H,23,27)(H2,21,24,29). The Hall–Kier alpha value is -2.39. The summed E-state index contributed by atoms with van der Waals surface area (Å²) in [5.74, 6) is -0.108. The number of carbonyl (C=O) groups excluding carboxylic acids is 2. The Morgan fingerprint density at radius 2 is 1.86 bits per heavy atom. The zero-order valence-corrected chi connectivity index (χ0v) is 18.6. The average molecular weight is 424 g/mol. The van der Waals surface area contributed by atoms with Gasteiger partial charge in [0.2, 0.25) is 5.91 Å². The van der Waals surface area contributed by atoms with Gasteiger partial charge in [-0.1, -0.05) is 20.8 Å². The number of methoxy groups -OCH3 is 1. The van der Waals surface area contributed by atoms with E-state index in [1.807, 2.05) is 6.92 Å². The third-order valence-corrected chi connectivity index (χ3v) is 4.57. The number of carbonyl (C=O) groups is 2. The fourth-order valence-electron chi connectivity index (χ4n) is 2.68. The second-order valence-corrected chi connectivity index (χ2v) is 6.84. The highest BCUT2D eigenvalue weighted by atomic mass is 32.1. The van der Waals surface area contributed by atoms with Crippen LogP contribution in [0.4, 0.5) is 5.69 Å². The van der Waals surface area contributed by atoms with E-state index in [4.69, 9.17) is 17.0 Å². The summed E-state index contributed by atoms with van der Waals surface area (Å²) in [4.78, 5) is 26.5. The van der Waals surface area contributed by atoms with Crippen LogP contribution < -0.4 is 26.2 Å². The molecule has 8 nitrogen and oxygen atoms in total. The van der Waals surface area contributed by atoms with Gasteiger partial charge in [-0.05, 0) is 56.8 Å². The Labute approximate surface area is 178 Å². The van der Waals surface area contributed by atoms with Gasteiger partial charge in [-0.2, -0.15) is 0 Å². The zero-order valence-electron chi connectivity index (χ0n) is 17.8. The van der Waals surface area contributed by atoms with Crippen LogP contribution in [0.3, 0.4) is 0 Å². The Balaban J connectivity index is 2.50. The fraction of sp³-hybridized carbons (Fsp3) is 0.550. The Bertz CT molecular complexity index is 680. The molecule has 0 saturated heterocycles. The summed E-state index contributed by atoms with van der Waals surface area (Å²) in [6.45, 7) is 9.97. The predicted octanol–water partition coefficient (Wildman–Crippen LogP) is 2.27. The van der Waals surface area contributed by atoms with Crippen LogP contribution in [0.2, 0.25) is 0 Å². The minimum atomic E-state index is -0.388. The number of thiocarbonyl (C=S) groups is 1. The second-order valence-electron chi connectivity index (χ2n) is 6.43. The maximum atomic E-state index is 12.4. The SMILES string of the molecule is CCCC(=O)Nc1ccc(C(=O)NNC(=S)NCCCN(CC)CC)c(OC)c1. The molecule has 9 heteroatoms. The summed E-state index contributed by atoms with van der Waals surface area (Å²) >= 11 is 5.18. The quantitative estimate of drug-likeness (QED) is 0.246. The predicted molar refractivity (Wildman–Crippen MR) is 120 cm³/mol. The van der Waals surface area contributed by atoms with E-state index in [1.54, 1.807) is 18.2 Å². The molecule has 0 saturated carbocycles. The minimum Gasteiger partial charge on any atom is -0.496 e. The Morgan fingerprint density at radius 3 is 2.48 bits per heavy atom. The number of nitrogens with zero attached hydrogens (tertiary/aromatic N) is 1. The van der Waals surface area contributed by atoms with Crippen LogP contribution in [0.25, 0.3) is 0 Å². The van der Waals surface area contributed by atoms with Crippen molar-refractivity contribution in [3.63, 3.8) is 0 Å². The number of benzene rings is 1. The van der Waals surface area contributed by atoms with E-state index < -0.39 is 0 Å². The Morgan fingerprint density at radius 1 is 1.14 bits per heavy atom. The number of hydrazine groups is 1. The van der Waals surface area contributed by atoms with Gasteiger partial charge in [0.15, 0.2) is 5.11 Å². The monoisotopic (exact) mass is 423 g/mol. The topological polar surface area (TPSA) is 94.7 Å². The largest absolute Gasteiger partial charge is 0.496 e.